The smallest absolute Gasteiger partial charge is 0.257 e. The first kappa shape index (κ1) is 13.3. The molecule has 2 aliphatic rings. The van der Waals surface area contributed by atoms with E-state index < -0.39 is 0 Å². The monoisotopic (exact) mass is 275 g/mol. The van der Waals surface area contributed by atoms with Gasteiger partial charge in [0.05, 0.1) is 5.56 Å². The fourth-order valence-electron chi connectivity index (χ4n) is 3.65. The minimum absolute atomic E-state index is 0.0127. The van der Waals surface area contributed by atoms with Crippen molar-refractivity contribution in [1.29, 1.82) is 0 Å². The number of fused-ring (bicyclic) bond motifs is 1. The Balaban J connectivity index is 1.76. The normalized spacial score (nSPS) is 26.1. The molecule has 0 bridgehead atoms. The van der Waals surface area contributed by atoms with Crippen molar-refractivity contribution >= 4 is 5.91 Å². The summed E-state index contributed by atoms with van der Waals surface area (Å²) in [6, 6.07) is 4.11. The Morgan fingerprint density at radius 2 is 1.85 bits per heavy atom. The molecule has 108 valence electrons. The molecule has 2 fully saturated rings. The maximum atomic E-state index is 12.5. The Hall–Kier alpha value is -1.71. The molecule has 1 heterocycles. The van der Waals surface area contributed by atoms with E-state index in [1.165, 1.54) is 43.9 Å². The molecule has 20 heavy (non-hydrogen) atoms. The molecular formula is C16H21NO3. The molecule has 2 atom stereocenters. The van der Waals surface area contributed by atoms with Gasteiger partial charge in [-0.05, 0) is 42.9 Å². The molecule has 0 spiro atoms. The highest BCUT2D eigenvalue weighted by molar-refractivity contribution is 5.97. The third-order valence-corrected chi connectivity index (χ3v) is 4.79. The minimum atomic E-state index is -0.164. The number of rotatable bonds is 1. The van der Waals surface area contributed by atoms with Gasteiger partial charge in [0.25, 0.3) is 5.91 Å². The molecule has 2 unspecified atom stereocenters. The molecule has 1 aromatic carbocycles. The van der Waals surface area contributed by atoms with Crippen molar-refractivity contribution in [2.45, 2.75) is 32.1 Å². The second kappa shape index (κ2) is 5.35. The summed E-state index contributed by atoms with van der Waals surface area (Å²) in [4.78, 5) is 14.3. The number of piperidine rings is 1. The SMILES string of the molecule is O=C(c1cc(O)ccc1O)N1CCC2CCCCC2C1. The lowest BCUT2D eigenvalue weighted by atomic mass is 9.75. The van der Waals surface area contributed by atoms with Crippen molar-refractivity contribution in [2.24, 2.45) is 11.8 Å². The lowest BCUT2D eigenvalue weighted by Crippen LogP contribution is -2.44. The van der Waals surface area contributed by atoms with Gasteiger partial charge < -0.3 is 15.1 Å². The summed E-state index contributed by atoms with van der Waals surface area (Å²) in [6.45, 7) is 1.55. The van der Waals surface area contributed by atoms with Crippen molar-refractivity contribution in [3.8, 4) is 11.5 Å². The number of aromatic hydroxyl groups is 2. The van der Waals surface area contributed by atoms with E-state index in [0.29, 0.717) is 5.92 Å². The van der Waals surface area contributed by atoms with Crippen molar-refractivity contribution in [1.82, 2.24) is 4.90 Å². The van der Waals surface area contributed by atoms with E-state index in [0.717, 1.165) is 25.4 Å². The van der Waals surface area contributed by atoms with Crippen LogP contribution in [0.3, 0.4) is 0 Å². The lowest BCUT2D eigenvalue weighted by molar-refractivity contribution is 0.0518. The van der Waals surface area contributed by atoms with Crippen LogP contribution >= 0.6 is 0 Å². The second-order valence-electron chi connectivity index (χ2n) is 6.05. The predicted octanol–water partition coefficient (Wildman–Crippen LogP) is 2.75. The van der Waals surface area contributed by atoms with Crippen LogP contribution in [0.4, 0.5) is 0 Å². The topological polar surface area (TPSA) is 60.8 Å². The van der Waals surface area contributed by atoms with Crippen molar-refractivity contribution in [3.05, 3.63) is 23.8 Å². The number of carbonyl (C=O) groups is 1. The molecule has 4 heteroatoms. The van der Waals surface area contributed by atoms with E-state index in [1.54, 1.807) is 0 Å². The van der Waals surface area contributed by atoms with Crippen LogP contribution in [0.15, 0.2) is 18.2 Å². The Labute approximate surface area is 119 Å². The number of phenols is 2. The molecule has 0 aromatic heterocycles. The third-order valence-electron chi connectivity index (χ3n) is 4.79. The maximum absolute atomic E-state index is 12.5. The molecule has 1 aromatic rings. The summed E-state index contributed by atoms with van der Waals surface area (Å²) in [5, 5.41) is 19.3. The molecule has 0 radical (unpaired) electrons. The molecule has 1 saturated heterocycles. The average Bonchev–Trinajstić information content (AvgIpc) is 2.48. The highest BCUT2D eigenvalue weighted by atomic mass is 16.3. The third kappa shape index (κ3) is 2.47. The van der Waals surface area contributed by atoms with Gasteiger partial charge in [0, 0.05) is 13.1 Å². The van der Waals surface area contributed by atoms with Crippen molar-refractivity contribution < 1.29 is 15.0 Å². The zero-order chi connectivity index (χ0) is 14.1. The van der Waals surface area contributed by atoms with E-state index in [9.17, 15) is 15.0 Å². The summed E-state index contributed by atoms with van der Waals surface area (Å²) in [5.74, 6) is 1.17. The predicted molar refractivity (Wildman–Crippen MR) is 75.7 cm³/mol. The average molecular weight is 275 g/mol. The first-order valence-corrected chi connectivity index (χ1v) is 7.46. The van der Waals surface area contributed by atoms with E-state index in [2.05, 4.69) is 0 Å². The van der Waals surface area contributed by atoms with Gasteiger partial charge in [0.15, 0.2) is 0 Å². The maximum Gasteiger partial charge on any atom is 0.257 e. The zero-order valence-corrected chi connectivity index (χ0v) is 11.6. The number of benzene rings is 1. The summed E-state index contributed by atoms with van der Waals surface area (Å²) in [7, 11) is 0. The molecule has 2 N–H and O–H groups in total. The van der Waals surface area contributed by atoms with Gasteiger partial charge in [-0.1, -0.05) is 19.3 Å². The number of phenolic OH excluding ortho intramolecular Hbond substituents is 2. The Morgan fingerprint density at radius 3 is 2.65 bits per heavy atom. The number of nitrogens with zero attached hydrogens (tertiary/aromatic N) is 1. The number of hydrogen-bond donors (Lipinski definition) is 2. The molecule has 1 saturated carbocycles. The number of amides is 1. The van der Waals surface area contributed by atoms with E-state index in [-0.39, 0.29) is 23.0 Å². The number of carbonyl (C=O) groups excluding carboxylic acids is 1. The molecule has 1 amide bonds. The molecule has 1 aliphatic carbocycles. The van der Waals surface area contributed by atoms with Crippen LogP contribution in [0.25, 0.3) is 0 Å². The van der Waals surface area contributed by atoms with Gasteiger partial charge in [-0.15, -0.1) is 0 Å². The second-order valence-corrected chi connectivity index (χ2v) is 6.05. The zero-order valence-electron chi connectivity index (χ0n) is 11.6. The first-order chi connectivity index (χ1) is 9.65. The highest BCUT2D eigenvalue weighted by Crippen LogP contribution is 2.37. The van der Waals surface area contributed by atoms with Gasteiger partial charge in [-0.3, -0.25) is 4.79 Å². The minimum Gasteiger partial charge on any atom is -0.508 e. The van der Waals surface area contributed by atoms with Crippen molar-refractivity contribution in [3.63, 3.8) is 0 Å². The summed E-state index contributed by atoms with van der Waals surface area (Å²) in [6.07, 6.45) is 6.16. The quantitative estimate of drug-likeness (QED) is 0.775. The van der Waals surface area contributed by atoms with Crippen LogP contribution in [0, 0.1) is 11.8 Å². The Kier molecular flexibility index (Phi) is 3.55. The Morgan fingerprint density at radius 1 is 1.10 bits per heavy atom. The van der Waals surface area contributed by atoms with Gasteiger partial charge in [-0.2, -0.15) is 0 Å². The largest absolute Gasteiger partial charge is 0.508 e. The van der Waals surface area contributed by atoms with E-state index in [1.807, 2.05) is 4.90 Å². The van der Waals surface area contributed by atoms with Crippen LogP contribution < -0.4 is 0 Å². The Bertz CT molecular complexity index is 514. The van der Waals surface area contributed by atoms with Gasteiger partial charge in [0.2, 0.25) is 0 Å². The molecular weight excluding hydrogens is 254 g/mol. The molecule has 4 nitrogen and oxygen atoms in total. The number of hydrogen-bond acceptors (Lipinski definition) is 3. The summed E-state index contributed by atoms with van der Waals surface area (Å²) in [5.41, 5.74) is 0.208. The van der Waals surface area contributed by atoms with Crippen LogP contribution in [0.1, 0.15) is 42.5 Å². The fraction of sp³-hybridized carbons (Fsp3) is 0.562. The van der Waals surface area contributed by atoms with Crippen LogP contribution in [-0.4, -0.2) is 34.1 Å². The highest BCUT2D eigenvalue weighted by Gasteiger charge is 2.33. The fourth-order valence-corrected chi connectivity index (χ4v) is 3.65. The van der Waals surface area contributed by atoms with Crippen LogP contribution in [-0.2, 0) is 0 Å². The van der Waals surface area contributed by atoms with E-state index >= 15 is 0 Å². The first-order valence-electron chi connectivity index (χ1n) is 7.46. The molecule has 1 aliphatic heterocycles. The standard InChI is InChI=1S/C16H21NO3/c18-13-5-6-15(19)14(9-13)16(20)17-8-7-11-3-1-2-4-12(11)10-17/h5-6,9,11-12,18-19H,1-4,7-8,10H2. The van der Waals surface area contributed by atoms with Crippen molar-refractivity contribution in [2.75, 3.05) is 13.1 Å². The van der Waals surface area contributed by atoms with Crippen LogP contribution in [0.2, 0.25) is 0 Å². The number of likely N-dealkylation sites (tertiary alicyclic amines) is 1. The lowest BCUT2D eigenvalue weighted by Gasteiger charge is -2.41. The summed E-state index contributed by atoms with van der Waals surface area (Å²) >= 11 is 0. The van der Waals surface area contributed by atoms with Gasteiger partial charge >= 0.3 is 0 Å². The van der Waals surface area contributed by atoms with Gasteiger partial charge in [-0.25, -0.2) is 0 Å². The summed E-state index contributed by atoms with van der Waals surface area (Å²) < 4.78 is 0. The molecule has 3 rings (SSSR count). The van der Waals surface area contributed by atoms with E-state index in [4.69, 9.17) is 0 Å². The van der Waals surface area contributed by atoms with Crippen LogP contribution in [0.5, 0.6) is 11.5 Å². The van der Waals surface area contributed by atoms with Gasteiger partial charge in [0.1, 0.15) is 11.5 Å².